The van der Waals surface area contributed by atoms with Crippen LogP contribution in [0, 0.1) is 5.82 Å². The third-order valence-corrected chi connectivity index (χ3v) is 3.81. The van der Waals surface area contributed by atoms with Crippen LogP contribution in [0.1, 0.15) is 12.5 Å². The molecule has 2 aromatic carbocycles. The van der Waals surface area contributed by atoms with E-state index in [9.17, 15) is 9.18 Å². The number of nitrogens with one attached hydrogen (secondary N) is 1. The van der Waals surface area contributed by atoms with Gasteiger partial charge in [0.25, 0.3) is 0 Å². The molecule has 3 nitrogen and oxygen atoms in total. The Morgan fingerprint density at radius 1 is 1.23 bits per heavy atom. The first kappa shape index (κ1) is 16.5. The van der Waals surface area contributed by atoms with Crippen molar-refractivity contribution in [1.82, 2.24) is 0 Å². The smallest absolute Gasteiger partial charge is 0.238 e. The summed E-state index contributed by atoms with van der Waals surface area (Å²) in [5, 5.41) is 2.79. The number of benzene rings is 2. The van der Waals surface area contributed by atoms with E-state index in [1.165, 1.54) is 6.07 Å². The molecule has 0 saturated heterocycles. The number of carbonyl (C=O) groups excluding carboxylic acids is 1. The number of amides is 1. The fourth-order valence-corrected chi connectivity index (χ4v) is 2.43. The highest BCUT2D eigenvalue weighted by atomic mass is 79.9. The molecular weight excluding hydrogens is 349 g/mol. The zero-order chi connectivity index (χ0) is 15.9. The predicted molar refractivity (Wildman–Crippen MR) is 89.1 cm³/mol. The number of ether oxygens (including phenoxy) is 1. The Hall–Kier alpha value is -1.88. The second-order valence-corrected chi connectivity index (χ2v) is 5.82. The van der Waals surface area contributed by atoms with E-state index in [4.69, 9.17) is 4.74 Å². The van der Waals surface area contributed by atoms with Gasteiger partial charge < -0.3 is 10.1 Å². The number of rotatable bonds is 6. The van der Waals surface area contributed by atoms with Gasteiger partial charge in [0, 0.05) is 5.69 Å². The summed E-state index contributed by atoms with van der Waals surface area (Å²) in [6.45, 7) is 2.51. The lowest BCUT2D eigenvalue weighted by Gasteiger charge is -2.12. The van der Waals surface area contributed by atoms with Gasteiger partial charge in [-0.1, -0.05) is 34.1 Å². The normalized spacial score (nSPS) is 11.8. The maximum Gasteiger partial charge on any atom is 0.238 e. The highest BCUT2D eigenvalue weighted by Gasteiger charge is 2.17. The topological polar surface area (TPSA) is 38.3 Å². The number of hydrogen-bond acceptors (Lipinski definition) is 2. The maximum absolute atomic E-state index is 13.6. The van der Waals surface area contributed by atoms with Crippen molar-refractivity contribution in [3.8, 4) is 5.75 Å². The lowest BCUT2D eigenvalue weighted by molar-refractivity contribution is -0.115. The van der Waals surface area contributed by atoms with E-state index < -0.39 is 4.83 Å². The summed E-state index contributed by atoms with van der Waals surface area (Å²) in [4.78, 5) is 11.6. The van der Waals surface area contributed by atoms with Crippen LogP contribution in [0.5, 0.6) is 5.75 Å². The lowest BCUT2D eigenvalue weighted by atomic mass is 10.1. The molecule has 116 valence electrons. The molecule has 2 rings (SSSR count). The van der Waals surface area contributed by atoms with Gasteiger partial charge >= 0.3 is 0 Å². The highest BCUT2D eigenvalue weighted by Crippen LogP contribution is 2.18. The molecule has 5 heteroatoms. The fourth-order valence-electron chi connectivity index (χ4n) is 1.97. The molecule has 1 amide bonds. The Labute approximate surface area is 137 Å². The SMILES string of the molecule is CCOc1ccc(NC(=O)C(Br)Cc2ccccc2F)cc1. The number of halogens is 2. The summed E-state index contributed by atoms with van der Waals surface area (Å²) in [5.74, 6) is 0.232. The Bertz CT molecular complexity index is 631. The molecule has 0 radical (unpaired) electrons. The maximum atomic E-state index is 13.6. The average Bonchev–Trinajstić information content (AvgIpc) is 2.51. The number of alkyl halides is 1. The molecule has 0 bridgehead atoms. The van der Waals surface area contributed by atoms with Gasteiger partial charge in [0.2, 0.25) is 5.91 Å². The van der Waals surface area contributed by atoms with Crippen LogP contribution in [0.2, 0.25) is 0 Å². The zero-order valence-corrected chi connectivity index (χ0v) is 13.8. The van der Waals surface area contributed by atoms with Crippen LogP contribution in [-0.4, -0.2) is 17.3 Å². The molecule has 0 aliphatic rings. The van der Waals surface area contributed by atoms with Crippen molar-refractivity contribution in [2.75, 3.05) is 11.9 Å². The molecule has 0 saturated carbocycles. The molecule has 2 aromatic rings. The first-order chi connectivity index (χ1) is 10.6. The molecule has 1 atom stereocenters. The van der Waals surface area contributed by atoms with Gasteiger partial charge in [-0.15, -0.1) is 0 Å². The standard InChI is InChI=1S/C17H17BrFNO2/c1-2-22-14-9-7-13(8-10-14)20-17(21)15(18)11-12-5-3-4-6-16(12)19/h3-10,15H,2,11H2,1H3,(H,20,21). The van der Waals surface area contributed by atoms with Crippen molar-refractivity contribution in [1.29, 1.82) is 0 Å². The van der Waals surface area contributed by atoms with E-state index in [0.717, 1.165) is 5.75 Å². The highest BCUT2D eigenvalue weighted by molar-refractivity contribution is 9.10. The first-order valence-corrected chi connectivity index (χ1v) is 7.93. The Balaban J connectivity index is 1.95. The van der Waals surface area contributed by atoms with Crippen LogP contribution in [0.25, 0.3) is 0 Å². The van der Waals surface area contributed by atoms with E-state index in [2.05, 4.69) is 21.2 Å². The molecular formula is C17H17BrFNO2. The summed E-state index contributed by atoms with van der Waals surface area (Å²) in [6.07, 6.45) is 0.287. The van der Waals surface area contributed by atoms with Crippen LogP contribution in [0.15, 0.2) is 48.5 Å². The van der Waals surface area contributed by atoms with Gasteiger partial charge in [-0.25, -0.2) is 4.39 Å². The predicted octanol–water partition coefficient (Wildman–Crippen LogP) is 4.17. The molecule has 0 heterocycles. The minimum Gasteiger partial charge on any atom is -0.494 e. The van der Waals surface area contributed by atoms with Crippen LogP contribution in [-0.2, 0) is 11.2 Å². The van der Waals surface area contributed by atoms with Crippen molar-refractivity contribution < 1.29 is 13.9 Å². The Morgan fingerprint density at radius 2 is 1.91 bits per heavy atom. The van der Waals surface area contributed by atoms with E-state index in [1.54, 1.807) is 42.5 Å². The summed E-state index contributed by atoms with van der Waals surface area (Å²) in [7, 11) is 0. The quantitative estimate of drug-likeness (QED) is 0.780. The summed E-state index contributed by atoms with van der Waals surface area (Å²) in [5.41, 5.74) is 1.18. The second kappa shape index (κ2) is 7.94. The van der Waals surface area contributed by atoms with Crippen molar-refractivity contribution in [3.63, 3.8) is 0 Å². The Morgan fingerprint density at radius 3 is 2.55 bits per heavy atom. The summed E-state index contributed by atoms with van der Waals surface area (Å²) in [6, 6.07) is 13.6. The third-order valence-electron chi connectivity index (χ3n) is 3.07. The van der Waals surface area contributed by atoms with Crippen LogP contribution >= 0.6 is 15.9 Å². The van der Waals surface area contributed by atoms with Gasteiger partial charge in [-0.2, -0.15) is 0 Å². The number of carbonyl (C=O) groups is 1. The second-order valence-electron chi connectivity index (χ2n) is 4.71. The third kappa shape index (κ3) is 4.56. The van der Waals surface area contributed by atoms with Crippen molar-refractivity contribution in [3.05, 3.63) is 59.9 Å². The first-order valence-electron chi connectivity index (χ1n) is 7.01. The molecule has 22 heavy (non-hydrogen) atoms. The molecule has 1 unspecified atom stereocenters. The summed E-state index contributed by atoms with van der Waals surface area (Å²) >= 11 is 3.31. The lowest BCUT2D eigenvalue weighted by Crippen LogP contribution is -2.25. The van der Waals surface area contributed by atoms with E-state index in [1.807, 2.05) is 6.92 Å². The molecule has 0 aliphatic carbocycles. The monoisotopic (exact) mass is 365 g/mol. The number of anilines is 1. The molecule has 1 N–H and O–H groups in total. The molecule has 0 fully saturated rings. The minimum absolute atomic E-state index is 0.215. The molecule has 0 aliphatic heterocycles. The number of hydrogen-bond donors (Lipinski definition) is 1. The van der Waals surface area contributed by atoms with Gasteiger partial charge in [0.05, 0.1) is 11.4 Å². The van der Waals surface area contributed by atoms with Crippen molar-refractivity contribution >= 4 is 27.5 Å². The van der Waals surface area contributed by atoms with Gasteiger partial charge in [-0.05, 0) is 49.2 Å². The summed E-state index contributed by atoms with van der Waals surface area (Å²) < 4.78 is 18.9. The van der Waals surface area contributed by atoms with Crippen LogP contribution < -0.4 is 10.1 Å². The fraction of sp³-hybridized carbons (Fsp3) is 0.235. The minimum atomic E-state index is -0.504. The zero-order valence-electron chi connectivity index (χ0n) is 12.2. The van der Waals surface area contributed by atoms with Gasteiger partial charge in [0.15, 0.2) is 0 Å². The van der Waals surface area contributed by atoms with E-state index in [0.29, 0.717) is 17.9 Å². The van der Waals surface area contributed by atoms with Gasteiger partial charge in [-0.3, -0.25) is 4.79 Å². The van der Waals surface area contributed by atoms with Crippen molar-refractivity contribution in [2.24, 2.45) is 0 Å². The van der Waals surface area contributed by atoms with E-state index in [-0.39, 0.29) is 18.1 Å². The molecule has 0 spiro atoms. The van der Waals surface area contributed by atoms with Crippen LogP contribution in [0.3, 0.4) is 0 Å². The van der Waals surface area contributed by atoms with E-state index >= 15 is 0 Å². The van der Waals surface area contributed by atoms with Crippen LogP contribution in [0.4, 0.5) is 10.1 Å². The van der Waals surface area contributed by atoms with Gasteiger partial charge in [0.1, 0.15) is 11.6 Å². The average molecular weight is 366 g/mol. The molecule has 0 aromatic heterocycles. The largest absolute Gasteiger partial charge is 0.494 e. The van der Waals surface area contributed by atoms with Crippen molar-refractivity contribution in [2.45, 2.75) is 18.2 Å². The Kier molecular flexibility index (Phi) is 5.95.